The molecule has 5 heteroatoms. The molecule has 0 radical (unpaired) electrons. The van der Waals surface area contributed by atoms with Gasteiger partial charge in [0.25, 0.3) is 0 Å². The van der Waals surface area contributed by atoms with Crippen molar-refractivity contribution in [1.82, 2.24) is 9.78 Å². The van der Waals surface area contributed by atoms with Crippen LogP contribution in [-0.2, 0) is 4.74 Å². The first-order valence-corrected chi connectivity index (χ1v) is 7.14. The first-order chi connectivity index (χ1) is 9.11. The molecular weight excluding hydrogens is 242 g/mol. The minimum Gasteiger partial charge on any atom is -0.493 e. The van der Waals surface area contributed by atoms with Crippen LogP contribution in [0.5, 0.6) is 5.75 Å². The fraction of sp³-hybridized carbons (Fsp3) is 0.786. The van der Waals surface area contributed by atoms with Crippen molar-refractivity contribution in [2.45, 2.75) is 57.4 Å². The highest BCUT2D eigenvalue weighted by atomic mass is 16.5. The maximum Gasteiger partial charge on any atom is 0.161 e. The fourth-order valence-corrected chi connectivity index (χ4v) is 3.50. The molecule has 2 N–H and O–H groups in total. The predicted octanol–water partition coefficient (Wildman–Crippen LogP) is 2.04. The minimum absolute atomic E-state index is 0.0600. The molecule has 2 fully saturated rings. The average Bonchev–Trinajstić information content (AvgIpc) is 3.11. The van der Waals surface area contributed by atoms with Crippen molar-refractivity contribution in [2.75, 3.05) is 7.11 Å². The normalized spacial score (nSPS) is 31.1. The molecule has 106 valence electrons. The van der Waals surface area contributed by atoms with E-state index in [-0.39, 0.29) is 12.1 Å². The molecule has 19 heavy (non-hydrogen) atoms. The van der Waals surface area contributed by atoms with Gasteiger partial charge in [-0.15, -0.1) is 0 Å². The number of methoxy groups -OCH3 is 1. The van der Waals surface area contributed by atoms with Crippen molar-refractivity contribution in [2.24, 2.45) is 11.7 Å². The molecule has 0 aliphatic carbocycles. The molecule has 5 nitrogen and oxygen atoms in total. The second kappa shape index (κ2) is 4.80. The number of aromatic nitrogens is 2. The smallest absolute Gasteiger partial charge is 0.161 e. The molecule has 1 aromatic heterocycles. The van der Waals surface area contributed by atoms with Crippen molar-refractivity contribution >= 4 is 0 Å². The lowest BCUT2D eigenvalue weighted by atomic mass is 9.82. The molecule has 1 aromatic rings. The van der Waals surface area contributed by atoms with E-state index in [0.29, 0.717) is 18.1 Å². The van der Waals surface area contributed by atoms with Crippen LogP contribution < -0.4 is 10.5 Å². The molecule has 3 heterocycles. The summed E-state index contributed by atoms with van der Waals surface area (Å²) in [5, 5.41) is 4.41. The molecular formula is C14H23N3O2. The number of ether oxygens (including phenoxy) is 2. The van der Waals surface area contributed by atoms with Crippen molar-refractivity contribution in [1.29, 1.82) is 0 Å². The lowest BCUT2D eigenvalue weighted by Gasteiger charge is -2.27. The highest BCUT2D eigenvalue weighted by Gasteiger charge is 2.45. The zero-order chi connectivity index (χ0) is 13.6. The van der Waals surface area contributed by atoms with E-state index in [0.717, 1.165) is 24.3 Å². The van der Waals surface area contributed by atoms with Gasteiger partial charge < -0.3 is 15.2 Å². The maximum absolute atomic E-state index is 6.53. The number of rotatable bonds is 4. The third kappa shape index (κ3) is 2.05. The van der Waals surface area contributed by atoms with Gasteiger partial charge in [0, 0.05) is 12.0 Å². The Hall–Kier alpha value is -1.07. The standard InChI is InChI=1S/C14H23N3O2/c1-8(2)17-14(12(18-3)7-16-17)13(15)10-6-9-4-5-11(10)19-9/h7-11,13H,4-6,15H2,1-3H3. The minimum atomic E-state index is -0.0600. The molecule has 2 aliphatic heterocycles. The van der Waals surface area contributed by atoms with Gasteiger partial charge in [-0.3, -0.25) is 4.68 Å². The van der Waals surface area contributed by atoms with Crippen LogP contribution in [0.4, 0.5) is 0 Å². The summed E-state index contributed by atoms with van der Waals surface area (Å²) in [5.74, 6) is 1.19. The summed E-state index contributed by atoms with van der Waals surface area (Å²) in [6.07, 6.45) is 5.90. The number of nitrogens with zero attached hydrogens (tertiary/aromatic N) is 2. The van der Waals surface area contributed by atoms with Crippen LogP contribution in [0.15, 0.2) is 6.20 Å². The van der Waals surface area contributed by atoms with Gasteiger partial charge in [-0.2, -0.15) is 5.10 Å². The van der Waals surface area contributed by atoms with E-state index in [2.05, 4.69) is 18.9 Å². The van der Waals surface area contributed by atoms with Crippen molar-refractivity contribution in [3.8, 4) is 5.75 Å². The highest BCUT2D eigenvalue weighted by molar-refractivity contribution is 5.29. The van der Waals surface area contributed by atoms with Crippen LogP contribution in [-0.4, -0.2) is 29.1 Å². The first kappa shape index (κ1) is 12.9. The summed E-state index contributed by atoms with van der Waals surface area (Å²) in [6.45, 7) is 4.22. The lowest BCUT2D eigenvalue weighted by Crippen LogP contribution is -2.31. The number of hydrogen-bond acceptors (Lipinski definition) is 4. The number of hydrogen-bond donors (Lipinski definition) is 1. The van der Waals surface area contributed by atoms with Crippen molar-refractivity contribution < 1.29 is 9.47 Å². The molecule has 0 spiro atoms. The van der Waals surface area contributed by atoms with Crippen LogP contribution in [0.2, 0.25) is 0 Å². The summed E-state index contributed by atoms with van der Waals surface area (Å²) in [6, 6.07) is 0.222. The topological polar surface area (TPSA) is 62.3 Å². The Morgan fingerprint density at radius 3 is 2.79 bits per heavy atom. The lowest BCUT2D eigenvalue weighted by molar-refractivity contribution is 0.0876. The summed E-state index contributed by atoms with van der Waals surface area (Å²) >= 11 is 0. The summed E-state index contributed by atoms with van der Waals surface area (Å²) in [5.41, 5.74) is 7.54. The van der Waals surface area contributed by atoms with Gasteiger partial charge in [-0.1, -0.05) is 0 Å². The molecule has 3 rings (SSSR count). The Balaban J connectivity index is 1.90. The zero-order valence-corrected chi connectivity index (χ0v) is 11.9. The quantitative estimate of drug-likeness (QED) is 0.905. The first-order valence-electron chi connectivity index (χ1n) is 7.14. The molecule has 0 amide bonds. The van der Waals surface area contributed by atoms with Gasteiger partial charge in [0.1, 0.15) is 0 Å². The fourth-order valence-electron chi connectivity index (χ4n) is 3.50. The van der Waals surface area contributed by atoms with E-state index in [9.17, 15) is 0 Å². The van der Waals surface area contributed by atoms with E-state index >= 15 is 0 Å². The van der Waals surface area contributed by atoms with Gasteiger partial charge in [0.05, 0.1) is 37.3 Å². The van der Waals surface area contributed by atoms with Crippen LogP contribution in [0.1, 0.15) is 50.9 Å². The van der Waals surface area contributed by atoms with Gasteiger partial charge in [0.15, 0.2) is 5.75 Å². The maximum atomic E-state index is 6.53. The van der Waals surface area contributed by atoms with Gasteiger partial charge in [0.2, 0.25) is 0 Å². The van der Waals surface area contributed by atoms with E-state index in [1.807, 2.05) is 4.68 Å². The second-order valence-electron chi connectivity index (χ2n) is 5.94. The molecule has 4 atom stereocenters. The van der Waals surface area contributed by atoms with Crippen molar-refractivity contribution in [3.63, 3.8) is 0 Å². The summed E-state index contributed by atoms with van der Waals surface area (Å²) in [7, 11) is 1.68. The Morgan fingerprint density at radius 2 is 2.26 bits per heavy atom. The number of fused-ring (bicyclic) bond motifs is 2. The van der Waals surface area contributed by atoms with Crippen LogP contribution >= 0.6 is 0 Å². The summed E-state index contributed by atoms with van der Waals surface area (Å²) in [4.78, 5) is 0. The molecule has 2 bridgehead atoms. The highest BCUT2D eigenvalue weighted by Crippen LogP contribution is 2.45. The van der Waals surface area contributed by atoms with Gasteiger partial charge in [-0.05, 0) is 33.1 Å². The predicted molar refractivity (Wildman–Crippen MR) is 72.1 cm³/mol. The van der Waals surface area contributed by atoms with E-state index in [4.69, 9.17) is 15.2 Å². The third-order valence-electron chi connectivity index (χ3n) is 4.44. The van der Waals surface area contributed by atoms with E-state index in [1.165, 1.54) is 6.42 Å². The van der Waals surface area contributed by atoms with Crippen LogP contribution in [0.3, 0.4) is 0 Å². The second-order valence-corrected chi connectivity index (χ2v) is 5.94. The monoisotopic (exact) mass is 265 g/mol. The Bertz CT molecular complexity index is 458. The average molecular weight is 265 g/mol. The zero-order valence-electron chi connectivity index (χ0n) is 11.9. The number of nitrogens with two attached hydrogens (primary N) is 1. The van der Waals surface area contributed by atoms with Gasteiger partial charge in [-0.25, -0.2) is 0 Å². The van der Waals surface area contributed by atoms with Crippen LogP contribution in [0.25, 0.3) is 0 Å². The molecule has 0 saturated carbocycles. The molecule has 4 unspecified atom stereocenters. The Kier molecular flexibility index (Phi) is 3.27. The van der Waals surface area contributed by atoms with E-state index in [1.54, 1.807) is 13.3 Å². The van der Waals surface area contributed by atoms with Crippen molar-refractivity contribution in [3.05, 3.63) is 11.9 Å². The largest absolute Gasteiger partial charge is 0.493 e. The molecule has 0 aromatic carbocycles. The van der Waals surface area contributed by atoms with E-state index < -0.39 is 0 Å². The Labute approximate surface area is 114 Å². The third-order valence-corrected chi connectivity index (χ3v) is 4.44. The SMILES string of the molecule is COc1cnn(C(C)C)c1C(N)C1CC2CCC1O2. The summed E-state index contributed by atoms with van der Waals surface area (Å²) < 4.78 is 13.3. The Morgan fingerprint density at radius 1 is 1.47 bits per heavy atom. The molecule has 2 aliphatic rings. The van der Waals surface area contributed by atoms with Crippen LogP contribution in [0, 0.1) is 5.92 Å². The molecule has 2 saturated heterocycles. The van der Waals surface area contributed by atoms with Gasteiger partial charge >= 0.3 is 0 Å².